The van der Waals surface area contributed by atoms with E-state index in [1.54, 1.807) is 0 Å². The molecule has 0 aromatic carbocycles. The topological polar surface area (TPSA) is 42.6 Å². The molecule has 1 unspecified atom stereocenters. The van der Waals surface area contributed by atoms with Crippen LogP contribution in [0, 0.1) is 6.92 Å². The van der Waals surface area contributed by atoms with Gasteiger partial charge >= 0.3 is 0 Å². The Morgan fingerprint density at radius 3 is 2.56 bits per heavy atom. The number of hydrogen-bond donors (Lipinski definition) is 1. The molecule has 0 spiro atoms. The fourth-order valence-corrected chi connectivity index (χ4v) is 2.72. The molecular formula is C15H24O3. The summed E-state index contributed by atoms with van der Waals surface area (Å²) in [6.45, 7) is 8.10. The molecule has 0 amide bonds. The highest BCUT2D eigenvalue weighted by atomic mass is 16.5. The maximum absolute atomic E-state index is 9.57. The van der Waals surface area contributed by atoms with Crippen molar-refractivity contribution in [2.75, 3.05) is 13.2 Å². The van der Waals surface area contributed by atoms with Crippen LogP contribution in [-0.2, 0) is 11.3 Å². The standard InChI is InChI=1S/C15H24O3/c1-4-10(2)14-13(9-16)11(3)15(18-14)12-5-7-17-8-6-12/h10,12,16H,4-9H2,1-3H3. The third-order valence-corrected chi connectivity index (χ3v) is 4.15. The number of hydrogen-bond acceptors (Lipinski definition) is 3. The Kier molecular flexibility index (Phi) is 4.46. The smallest absolute Gasteiger partial charge is 0.112 e. The van der Waals surface area contributed by atoms with Gasteiger partial charge in [-0.25, -0.2) is 0 Å². The lowest BCUT2D eigenvalue weighted by Gasteiger charge is -2.20. The summed E-state index contributed by atoms with van der Waals surface area (Å²) >= 11 is 0. The lowest BCUT2D eigenvalue weighted by atomic mass is 9.93. The fourth-order valence-electron chi connectivity index (χ4n) is 2.72. The zero-order valence-corrected chi connectivity index (χ0v) is 11.7. The summed E-state index contributed by atoms with van der Waals surface area (Å²) in [7, 11) is 0. The van der Waals surface area contributed by atoms with Crippen molar-refractivity contribution in [2.24, 2.45) is 0 Å². The van der Waals surface area contributed by atoms with Crippen molar-refractivity contribution in [3.05, 3.63) is 22.6 Å². The maximum atomic E-state index is 9.57. The van der Waals surface area contributed by atoms with Gasteiger partial charge in [-0.05, 0) is 31.7 Å². The molecule has 0 bridgehead atoms. The minimum atomic E-state index is 0.0816. The summed E-state index contributed by atoms with van der Waals surface area (Å²) in [6.07, 6.45) is 3.09. The molecule has 0 radical (unpaired) electrons. The lowest BCUT2D eigenvalue weighted by Crippen LogP contribution is -2.14. The quantitative estimate of drug-likeness (QED) is 0.892. The number of aliphatic hydroxyl groups excluding tert-OH is 1. The molecule has 1 saturated heterocycles. The first-order valence-corrected chi connectivity index (χ1v) is 6.99. The normalized spacial score (nSPS) is 19.1. The molecule has 0 aliphatic carbocycles. The van der Waals surface area contributed by atoms with E-state index in [4.69, 9.17) is 9.15 Å². The number of furan rings is 1. The largest absolute Gasteiger partial charge is 0.465 e. The maximum Gasteiger partial charge on any atom is 0.112 e. The average Bonchev–Trinajstić information content (AvgIpc) is 2.75. The summed E-state index contributed by atoms with van der Waals surface area (Å²) in [5.41, 5.74) is 2.16. The van der Waals surface area contributed by atoms with Crippen LogP contribution < -0.4 is 0 Å². The van der Waals surface area contributed by atoms with Crippen LogP contribution in [0.2, 0.25) is 0 Å². The van der Waals surface area contributed by atoms with Gasteiger partial charge in [-0.3, -0.25) is 0 Å². The first-order valence-electron chi connectivity index (χ1n) is 6.99. The minimum absolute atomic E-state index is 0.0816. The molecule has 1 N–H and O–H groups in total. The Morgan fingerprint density at radius 1 is 1.33 bits per heavy atom. The summed E-state index contributed by atoms with van der Waals surface area (Å²) in [4.78, 5) is 0. The molecule has 1 aliphatic heterocycles. The van der Waals surface area contributed by atoms with E-state index in [0.29, 0.717) is 11.8 Å². The van der Waals surface area contributed by atoms with Gasteiger partial charge in [0.25, 0.3) is 0 Å². The zero-order valence-electron chi connectivity index (χ0n) is 11.7. The van der Waals surface area contributed by atoms with Gasteiger partial charge in [0.05, 0.1) is 6.61 Å². The van der Waals surface area contributed by atoms with Gasteiger partial charge in [-0.2, -0.15) is 0 Å². The highest BCUT2D eigenvalue weighted by Crippen LogP contribution is 2.37. The van der Waals surface area contributed by atoms with Crippen LogP contribution in [0.15, 0.2) is 4.42 Å². The van der Waals surface area contributed by atoms with Crippen molar-refractivity contribution in [1.82, 2.24) is 0 Å². The van der Waals surface area contributed by atoms with Crippen LogP contribution in [-0.4, -0.2) is 18.3 Å². The SMILES string of the molecule is CCC(C)c1oc(C2CCOCC2)c(C)c1CO. The Balaban J connectivity index is 2.33. The molecule has 1 fully saturated rings. The van der Waals surface area contributed by atoms with E-state index in [0.717, 1.165) is 55.1 Å². The van der Waals surface area contributed by atoms with Crippen LogP contribution in [0.1, 0.15) is 67.6 Å². The molecule has 3 nitrogen and oxygen atoms in total. The molecule has 2 heterocycles. The van der Waals surface area contributed by atoms with Gasteiger partial charge in [0.2, 0.25) is 0 Å². The molecule has 0 saturated carbocycles. The van der Waals surface area contributed by atoms with Gasteiger partial charge in [-0.1, -0.05) is 13.8 Å². The Hall–Kier alpha value is -0.800. The molecule has 2 rings (SSSR count). The molecule has 1 atom stereocenters. The van der Waals surface area contributed by atoms with Crippen molar-refractivity contribution >= 4 is 0 Å². The molecule has 1 aromatic heterocycles. The molecule has 1 aliphatic rings. The molecule has 18 heavy (non-hydrogen) atoms. The summed E-state index contributed by atoms with van der Waals surface area (Å²) in [5, 5.41) is 9.57. The third-order valence-electron chi connectivity index (χ3n) is 4.15. The Bertz CT molecular complexity index is 389. The van der Waals surface area contributed by atoms with Crippen LogP contribution in [0.4, 0.5) is 0 Å². The van der Waals surface area contributed by atoms with Crippen LogP contribution in [0.25, 0.3) is 0 Å². The summed E-state index contributed by atoms with van der Waals surface area (Å²) in [6, 6.07) is 0. The van der Waals surface area contributed by atoms with E-state index >= 15 is 0 Å². The summed E-state index contributed by atoms with van der Waals surface area (Å²) < 4.78 is 11.5. The Morgan fingerprint density at radius 2 is 2.00 bits per heavy atom. The van der Waals surface area contributed by atoms with Gasteiger partial charge in [0.1, 0.15) is 11.5 Å². The highest BCUT2D eigenvalue weighted by Gasteiger charge is 2.26. The van der Waals surface area contributed by atoms with Gasteiger partial charge in [0, 0.05) is 30.6 Å². The first kappa shape index (κ1) is 13.6. The number of aliphatic hydroxyl groups is 1. The second kappa shape index (κ2) is 5.89. The van der Waals surface area contributed by atoms with Crippen molar-refractivity contribution < 1.29 is 14.3 Å². The first-order chi connectivity index (χ1) is 8.69. The van der Waals surface area contributed by atoms with Crippen molar-refractivity contribution in [3.63, 3.8) is 0 Å². The third kappa shape index (κ3) is 2.47. The highest BCUT2D eigenvalue weighted by molar-refractivity contribution is 5.35. The second-order valence-corrected chi connectivity index (χ2v) is 5.29. The molecule has 102 valence electrons. The van der Waals surface area contributed by atoms with Crippen molar-refractivity contribution in [1.29, 1.82) is 0 Å². The van der Waals surface area contributed by atoms with Gasteiger partial charge in [-0.15, -0.1) is 0 Å². The molecule has 3 heteroatoms. The second-order valence-electron chi connectivity index (χ2n) is 5.29. The lowest BCUT2D eigenvalue weighted by molar-refractivity contribution is 0.0801. The predicted molar refractivity (Wildman–Crippen MR) is 70.9 cm³/mol. The summed E-state index contributed by atoms with van der Waals surface area (Å²) in [5.74, 6) is 2.90. The van der Waals surface area contributed by atoms with Crippen LogP contribution in [0.3, 0.4) is 0 Å². The molecular weight excluding hydrogens is 228 g/mol. The van der Waals surface area contributed by atoms with Gasteiger partial charge in [0.15, 0.2) is 0 Å². The zero-order chi connectivity index (χ0) is 13.1. The van der Waals surface area contributed by atoms with Crippen molar-refractivity contribution in [2.45, 2.75) is 58.5 Å². The number of ether oxygens (including phenoxy) is 1. The van der Waals surface area contributed by atoms with Crippen LogP contribution >= 0.6 is 0 Å². The van der Waals surface area contributed by atoms with E-state index in [-0.39, 0.29) is 6.61 Å². The fraction of sp³-hybridized carbons (Fsp3) is 0.733. The van der Waals surface area contributed by atoms with E-state index < -0.39 is 0 Å². The Labute approximate surface area is 109 Å². The van der Waals surface area contributed by atoms with Crippen molar-refractivity contribution in [3.8, 4) is 0 Å². The van der Waals surface area contributed by atoms with E-state index in [9.17, 15) is 5.11 Å². The predicted octanol–water partition coefficient (Wildman–Crippen LogP) is 3.49. The average molecular weight is 252 g/mol. The molecule has 1 aromatic rings. The number of rotatable bonds is 4. The monoisotopic (exact) mass is 252 g/mol. The van der Waals surface area contributed by atoms with E-state index in [2.05, 4.69) is 20.8 Å². The van der Waals surface area contributed by atoms with E-state index in [1.165, 1.54) is 0 Å². The van der Waals surface area contributed by atoms with Crippen LogP contribution in [0.5, 0.6) is 0 Å². The minimum Gasteiger partial charge on any atom is -0.465 e. The van der Waals surface area contributed by atoms with Gasteiger partial charge < -0.3 is 14.3 Å². The van der Waals surface area contributed by atoms with E-state index in [1.807, 2.05) is 0 Å².